The summed E-state index contributed by atoms with van der Waals surface area (Å²) in [6.45, 7) is 1.89. The molecular weight excluding hydrogens is 327 g/mol. The summed E-state index contributed by atoms with van der Waals surface area (Å²) in [5.41, 5.74) is 1.36. The Morgan fingerprint density at radius 2 is 1.96 bits per heavy atom. The van der Waals surface area contributed by atoms with Crippen molar-refractivity contribution in [3.8, 4) is 17.1 Å². The summed E-state index contributed by atoms with van der Waals surface area (Å²) in [5, 5.41) is 0.459. The van der Waals surface area contributed by atoms with Crippen molar-refractivity contribution in [1.82, 2.24) is 0 Å². The second-order valence-corrected chi connectivity index (χ2v) is 5.24. The molecule has 0 atom stereocenters. The topological polar surface area (TPSA) is 65.7 Å². The number of furan rings is 1. The highest BCUT2D eigenvalue weighted by atomic mass is 19.1. The molecule has 0 aliphatic carbocycles. The quantitative estimate of drug-likeness (QED) is 0.513. The van der Waals surface area contributed by atoms with Crippen molar-refractivity contribution in [2.45, 2.75) is 6.92 Å². The van der Waals surface area contributed by atoms with Gasteiger partial charge in [0, 0.05) is 10.9 Å². The maximum absolute atomic E-state index is 13.2. The molecule has 0 radical (unpaired) electrons. The molecule has 128 valence electrons. The summed E-state index contributed by atoms with van der Waals surface area (Å²) >= 11 is 0. The van der Waals surface area contributed by atoms with Gasteiger partial charge in [-0.2, -0.15) is 0 Å². The molecule has 25 heavy (non-hydrogen) atoms. The average Bonchev–Trinajstić information content (AvgIpc) is 2.99. The fourth-order valence-corrected chi connectivity index (χ4v) is 2.62. The van der Waals surface area contributed by atoms with Crippen LogP contribution in [-0.2, 0) is 4.74 Å². The first-order valence-corrected chi connectivity index (χ1v) is 7.61. The van der Waals surface area contributed by atoms with E-state index in [0.717, 1.165) is 0 Å². The van der Waals surface area contributed by atoms with Gasteiger partial charge >= 0.3 is 5.97 Å². The molecule has 5 nitrogen and oxygen atoms in total. The van der Waals surface area contributed by atoms with Crippen molar-refractivity contribution in [2.75, 3.05) is 13.7 Å². The van der Waals surface area contributed by atoms with Crippen LogP contribution in [0.5, 0.6) is 5.75 Å². The number of rotatable bonds is 5. The zero-order chi connectivity index (χ0) is 18.0. The summed E-state index contributed by atoms with van der Waals surface area (Å²) in [6.07, 6.45) is 0.641. The van der Waals surface area contributed by atoms with E-state index in [0.29, 0.717) is 34.1 Å². The molecule has 3 aromatic rings. The van der Waals surface area contributed by atoms with Gasteiger partial charge < -0.3 is 13.9 Å². The summed E-state index contributed by atoms with van der Waals surface area (Å²) in [4.78, 5) is 23.7. The number of hydrogen-bond acceptors (Lipinski definition) is 5. The molecule has 0 unspecified atom stereocenters. The summed E-state index contributed by atoms with van der Waals surface area (Å²) < 4.78 is 29.3. The Kier molecular flexibility index (Phi) is 4.52. The first-order valence-electron chi connectivity index (χ1n) is 7.61. The largest absolute Gasteiger partial charge is 0.496 e. The van der Waals surface area contributed by atoms with Gasteiger partial charge in [-0.3, -0.25) is 4.79 Å². The predicted octanol–water partition coefficient (Wildman–Crippen LogP) is 4.24. The molecule has 0 bridgehead atoms. The average molecular weight is 342 g/mol. The van der Waals surface area contributed by atoms with Crippen LogP contribution in [0, 0.1) is 5.82 Å². The van der Waals surface area contributed by atoms with Crippen molar-refractivity contribution >= 4 is 23.2 Å². The third kappa shape index (κ3) is 2.98. The summed E-state index contributed by atoms with van der Waals surface area (Å²) in [7, 11) is 1.43. The van der Waals surface area contributed by atoms with E-state index in [2.05, 4.69) is 0 Å². The molecule has 1 heterocycles. The normalized spacial score (nSPS) is 10.7. The van der Waals surface area contributed by atoms with Gasteiger partial charge in [0.05, 0.1) is 19.3 Å². The lowest BCUT2D eigenvalue weighted by molar-refractivity contribution is 0.0528. The minimum atomic E-state index is -0.568. The van der Waals surface area contributed by atoms with Crippen LogP contribution in [0.4, 0.5) is 4.39 Å². The van der Waals surface area contributed by atoms with Crippen molar-refractivity contribution in [3.63, 3.8) is 0 Å². The Hall–Kier alpha value is -3.15. The predicted molar refractivity (Wildman–Crippen MR) is 89.5 cm³/mol. The molecule has 0 N–H and O–H groups in total. The van der Waals surface area contributed by atoms with E-state index in [1.54, 1.807) is 13.0 Å². The number of carbonyl (C=O) groups excluding carboxylic acids is 2. The van der Waals surface area contributed by atoms with Gasteiger partial charge in [0.25, 0.3) is 0 Å². The fraction of sp³-hybridized carbons (Fsp3) is 0.158. The zero-order valence-corrected chi connectivity index (χ0v) is 13.7. The molecule has 1 aromatic heterocycles. The zero-order valence-electron chi connectivity index (χ0n) is 13.7. The van der Waals surface area contributed by atoms with Gasteiger partial charge in [0.1, 0.15) is 28.5 Å². The molecule has 0 aliphatic heterocycles. The molecule has 6 heteroatoms. The summed E-state index contributed by atoms with van der Waals surface area (Å²) in [5.74, 6) is -0.401. The van der Waals surface area contributed by atoms with E-state index >= 15 is 0 Å². The lowest BCUT2D eigenvalue weighted by Crippen LogP contribution is -2.05. The minimum Gasteiger partial charge on any atom is -0.496 e. The molecule has 3 rings (SSSR count). The molecule has 0 spiro atoms. The van der Waals surface area contributed by atoms with Crippen LogP contribution in [0.2, 0.25) is 0 Å². The third-order valence-electron chi connectivity index (χ3n) is 3.75. The Morgan fingerprint density at radius 3 is 2.56 bits per heavy atom. The Balaban J connectivity index is 2.31. The van der Waals surface area contributed by atoms with E-state index < -0.39 is 11.8 Å². The molecular formula is C19H15FO5. The van der Waals surface area contributed by atoms with Gasteiger partial charge in [0.2, 0.25) is 0 Å². The number of aldehydes is 1. The van der Waals surface area contributed by atoms with Crippen LogP contribution < -0.4 is 4.74 Å². The van der Waals surface area contributed by atoms with E-state index in [1.807, 2.05) is 0 Å². The van der Waals surface area contributed by atoms with Crippen LogP contribution in [0.15, 0.2) is 40.8 Å². The van der Waals surface area contributed by atoms with Crippen molar-refractivity contribution in [2.24, 2.45) is 0 Å². The second-order valence-electron chi connectivity index (χ2n) is 5.24. The SMILES string of the molecule is CCOC(=O)c1c(-c2ccc(F)cc2)oc2cc(C=O)c(OC)cc12. The maximum atomic E-state index is 13.2. The number of halogens is 1. The lowest BCUT2D eigenvalue weighted by atomic mass is 10.0. The number of methoxy groups -OCH3 is 1. The number of ether oxygens (including phenoxy) is 2. The van der Waals surface area contributed by atoms with Crippen LogP contribution in [-0.4, -0.2) is 26.0 Å². The number of carbonyl (C=O) groups is 2. The van der Waals surface area contributed by atoms with Crippen LogP contribution in [0.1, 0.15) is 27.6 Å². The van der Waals surface area contributed by atoms with Crippen LogP contribution in [0.25, 0.3) is 22.3 Å². The minimum absolute atomic E-state index is 0.192. The van der Waals surface area contributed by atoms with Crippen LogP contribution in [0.3, 0.4) is 0 Å². The highest BCUT2D eigenvalue weighted by Crippen LogP contribution is 2.37. The Bertz CT molecular complexity index is 941. The molecule has 0 fully saturated rings. The highest BCUT2D eigenvalue weighted by Gasteiger charge is 2.24. The highest BCUT2D eigenvalue weighted by molar-refractivity contribution is 6.10. The standard InChI is InChI=1S/C19H15FO5/c1-3-24-19(22)17-14-9-15(23-2)12(10-21)8-16(14)25-18(17)11-4-6-13(20)7-5-11/h4-10H,3H2,1-2H3. The monoisotopic (exact) mass is 342 g/mol. The van der Waals surface area contributed by atoms with Gasteiger partial charge in [-0.1, -0.05) is 0 Å². The summed E-state index contributed by atoms with van der Waals surface area (Å²) in [6, 6.07) is 8.61. The lowest BCUT2D eigenvalue weighted by Gasteiger charge is -2.05. The molecule has 0 saturated carbocycles. The van der Waals surface area contributed by atoms with Crippen molar-refractivity contribution in [1.29, 1.82) is 0 Å². The number of esters is 1. The van der Waals surface area contributed by atoms with E-state index in [4.69, 9.17) is 13.9 Å². The molecule has 0 saturated heterocycles. The Labute approximate surface area is 143 Å². The number of fused-ring (bicyclic) bond motifs is 1. The number of hydrogen-bond donors (Lipinski definition) is 0. The van der Waals surface area contributed by atoms with Gasteiger partial charge in [-0.15, -0.1) is 0 Å². The second kappa shape index (κ2) is 6.76. The van der Waals surface area contributed by atoms with E-state index in [9.17, 15) is 14.0 Å². The third-order valence-corrected chi connectivity index (χ3v) is 3.75. The smallest absolute Gasteiger partial charge is 0.342 e. The fourth-order valence-electron chi connectivity index (χ4n) is 2.62. The molecule has 0 aliphatic rings. The van der Waals surface area contributed by atoms with E-state index in [-0.39, 0.29) is 17.9 Å². The molecule has 2 aromatic carbocycles. The maximum Gasteiger partial charge on any atom is 0.342 e. The van der Waals surface area contributed by atoms with Gasteiger partial charge in [-0.05, 0) is 43.3 Å². The first-order chi connectivity index (χ1) is 12.1. The van der Waals surface area contributed by atoms with Gasteiger partial charge in [-0.25, -0.2) is 9.18 Å². The van der Waals surface area contributed by atoms with Crippen molar-refractivity contribution < 1.29 is 27.9 Å². The van der Waals surface area contributed by atoms with Crippen LogP contribution >= 0.6 is 0 Å². The van der Waals surface area contributed by atoms with Crippen molar-refractivity contribution in [3.05, 3.63) is 53.3 Å². The first kappa shape index (κ1) is 16.7. The van der Waals surface area contributed by atoms with E-state index in [1.165, 1.54) is 37.4 Å². The van der Waals surface area contributed by atoms with Gasteiger partial charge in [0.15, 0.2) is 6.29 Å². The molecule has 0 amide bonds. The number of benzene rings is 2. The Morgan fingerprint density at radius 1 is 1.24 bits per heavy atom.